The topological polar surface area (TPSA) is 93.8 Å². The standard InChI is InChI=1S/C15H11N3O4/c1-22-15(21)10-4-5-11-12(14(19)20)17-13(18(11)8-10)9-3-2-6-16-7-9/h2-8H,1H3,(H,19,20). The fourth-order valence-electron chi connectivity index (χ4n) is 2.18. The molecule has 0 amide bonds. The minimum Gasteiger partial charge on any atom is -0.476 e. The maximum atomic E-state index is 11.7. The van der Waals surface area contributed by atoms with Gasteiger partial charge in [-0.3, -0.25) is 9.38 Å². The third-order valence-electron chi connectivity index (χ3n) is 3.18. The molecule has 3 aromatic rings. The lowest BCUT2D eigenvalue weighted by molar-refractivity contribution is 0.0599. The van der Waals surface area contributed by atoms with E-state index in [1.54, 1.807) is 28.9 Å². The van der Waals surface area contributed by atoms with Gasteiger partial charge in [-0.05, 0) is 24.3 Å². The lowest BCUT2D eigenvalue weighted by atomic mass is 10.2. The van der Waals surface area contributed by atoms with Gasteiger partial charge in [0.15, 0.2) is 5.69 Å². The Morgan fingerprint density at radius 2 is 2.09 bits per heavy atom. The van der Waals surface area contributed by atoms with Crippen LogP contribution >= 0.6 is 0 Å². The molecule has 3 aromatic heterocycles. The number of aromatic carboxylic acids is 1. The molecular formula is C15H11N3O4. The zero-order chi connectivity index (χ0) is 15.7. The summed E-state index contributed by atoms with van der Waals surface area (Å²) in [4.78, 5) is 31.2. The SMILES string of the molecule is COC(=O)c1ccc2c(C(=O)O)nc(-c3cccnc3)n2c1. The fourth-order valence-corrected chi connectivity index (χ4v) is 2.18. The Morgan fingerprint density at radius 1 is 1.27 bits per heavy atom. The van der Waals surface area contributed by atoms with Crippen LogP contribution in [0.4, 0.5) is 0 Å². The van der Waals surface area contributed by atoms with Gasteiger partial charge in [-0.15, -0.1) is 0 Å². The maximum absolute atomic E-state index is 11.7. The third-order valence-corrected chi connectivity index (χ3v) is 3.18. The molecule has 0 aliphatic heterocycles. The molecule has 110 valence electrons. The summed E-state index contributed by atoms with van der Waals surface area (Å²) in [6.07, 6.45) is 4.69. The molecule has 0 bridgehead atoms. The van der Waals surface area contributed by atoms with Crippen molar-refractivity contribution in [1.29, 1.82) is 0 Å². The minimum atomic E-state index is -1.14. The number of aromatic nitrogens is 3. The summed E-state index contributed by atoms with van der Waals surface area (Å²) in [5.74, 6) is -1.26. The van der Waals surface area contributed by atoms with E-state index < -0.39 is 11.9 Å². The van der Waals surface area contributed by atoms with Crippen molar-refractivity contribution in [1.82, 2.24) is 14.4 Å². The molecule has 0 unspecified atom stereocenters. The van der Waals surface area contributed by atoms with E-state index in [0.717, 1.165) is 0 Å². The lowest BCUT2D eigenvalue weighted by Gasteiger charge is -2.03. The van der Waals surface area contributed by atoms with Gasteiger partial charge in [0.2, 0.25) is 0 Å². The van der Waals surface area contributed by atoms with E-state index in [0.29, 0.717) is 22.5 Å². The Balaban J connectivity index is 2.30. The molecule has 0 aliphatic carbocycles. The predicted molar refractivity (Wildman–Crippen MR) is 76.7 cm³/mol. The summed E-state index contributed by atoms with van der Waals surface area (Å²) in [5.41, 5.74) is 1.25. The molecule has 7 nitrogen and oxygen atoms in total. The Labute approximate surface area is 124 Å². The average molecular weight is 297 g/mol. The predicted octanol–water partition coefficient (Wildman–Crippen LogP) is 1.88. The quantitative estimate of drug-likeness (QED) is 0.742. The normalized spacial score (nSPS) is 10.6. The zero-order valence-corrected chi connectivity index (χ0v) is 11.6. The number of carbonyl (C=O) groups is 2. The Kier molecular flexibility index (Phi) is 3.30. The number of methoxy groups -OCH3 is 1. The Hall–Kier alpha value is -3.22. The summed E-state index contributed by atoms with van der Waals surface area (Å²) in [6.45, 7) is 0. The van der Waals surface area contributed by atoms with Gasteiger partial charge >= 0.3 is 11.9 Å². The molecule has 0 spiro atoms. The van der Waals surface area contributed by atoms with Gasteiger partial charge < -0.3 is 9.84 Å². The number of carboxylic acids is 1. The van der Waals surface area contributed by atoms with Gasteiger partial charge in [-0.1, -0.05) is 0 Å². The number of hydrogen-bond acceptors (Lipinski definition) is 5. The first-order chi connectivity index (χ1) is 10.6. The highest BCUT2D eigenvalue weighted by atomic mass is 16.5. The van der Waals surface area contributed by atoms with Crippen molar-refractivity contribution in [2.75, 3.05) is 7.11 Å². The van der Waals surface area contributed by atoms with Crippen molar-refractivity contribution < 1.29 is 19.4 Å². The number of carbonyl (C=O) groups excluding carboxylic acids is 1. The van der Waals surface area contributed by atoms with Crippen LogP contribution in [0.3, 0.4) is 0 Å². The van der Waals surface area contributed by atoms with Crippen molar-refractivity contribution in [3.05, 3.63) is 54.1 Å². The van der Waals surface area contributed by atoms with E-state index in [9.17, 15) is 14.7 Å². The first kappa shape index (κ1) is 13.7. The second-order valence-corrected chi connectivity index (χ2v) is 4.50. The van der Waals surface area contributed by atoms with Crippen LogP contribution in [0.5, 0.6) is 0 Å². The molecule has 0 atom stereocenters. The van der Waals surface area contributed by atoms with Crippen LogP contribution in [-0.4, -0.2) is 38.5 Å². The van der Waals surface area contributed by atoms with E-state index in [4.69, 9.17) is 0 Å². The van der Waals surface area contributed by atoms with E-state index in [2.05, 4.69) is 14.7 Å². The molecule has 0 saturated heterocycles. The Morgan fingerprint density at radius 3 is 2.73 bits per heavy atom. The van der Waals surface area contributed by atoms with Gasteiger partial charge in [0.1, 0.15) is 5.82 Å². The van der Waals surface area contributed by atoms with Crippen LogP contribution in [0.15, 0.2) is 42.9 Å². The number of rotatable bonds is 3. The molecule has 0 radical (unpaired) electrons. The lowest BCUT2D eigenvalue weighted by Crippen LogP contribution is -2.03. The highest BCUT2D eigenvalue weighted by molar-refractivity contribution is 5.96. The molecule has 1 N–H and O–H groups in total. The summed E-state index contributed by atoms with van der Waals surface area (Å²) in [5, 5.41) is 9.28. The number of ether oxygens (including phenoxy) is 1. The van der Waals surface area contributed by atoms with Crippen LogP contribution in [0.2, 0.25) is 0 Å². The van der Waals surface area contributed by atoms with Crippen molar-refractivity contribution in [2.24, 2.45) is 0 Å². The number of carboxylic acid groups (broad SMARTS) is 1. The highest BCUT2D eigenvalue weighted by Gasteiger charge is 2.19. The largest absolute Gasteiger partial charge is 0.476 e. The van der Waals surface area contributed by atoms with Crippen LogP contribution in [0.1, 0.15) is 20.8 Å². The highest BCUT2D eigenvalue weighted by Crippen LogP contribution is 2.23. The van der Waals surface area contributed by atoms with Crippen LogP contribution in [0.25, 0.3) is 16.9 Å². The van der Waals surface area contributed by atoms with Crippen molar-refractivity contribution >= 4 is 17.5 Å². The number of pyridine rings is 2. The van der Waals surface area contributed by atoms with Crippen LogP contribution in [-0.2, 0) is 4.74 Å². The van der Waals surface area contributed by atoms with Gasteiger partial charge in [0.05, 0.1) is 18.2 Å². The second-order valence-electron chi connectivity index (χ2n) is 4.50. The molecule has 3 heterocycles. The first-order valence-electron chi connectivity index (χ1n) is 6.36. The first-order valence-corrected chi connectivity index (χ1v) is 6.36. The monoisotopic (exact) mass is 297 g/mol. The van der Waals surface area contributed by atoms with E-state index in [1.165, 1.54) is 25.4 Å². The third kappa shape index (κ3) is 2.18. The molecule has 22 heavy (non-hydrogen) atoms. The number of esters is 1. The average Bonchev–Trinajstić information content (AvgIpc) is 2.94. The Bertz CT molecular complexity index is 871. The number of hydrogen-bond donors (Lipinski definition) is 1. The van der Waals surface area contributed by atoms with E-state index >= 15 is 0 Å². The number of imidazole rings is 1. The molecular weight excluding hydrogens is 286 g/mol. The second kappa shape index (κ2) is 5.28. The number of fused-ring (bicyclic) bond motifs is 1. The van der Waals surface area contributed by atoms with Gasteiger partial charge in [-0.25, -0.2) is 14.6 Å². The smallest absolute Gasteiger partial charge is 0.356 e. The summed E-state index contributed by atoms with van der Waals surface area (Å²) in [7, 11) is 1.28. The van der Waals surface area contributed by atoms with Crippen molar-refractivity contribution in [2.45, 2.75) is 0 Å². The summed E-state index contributed by atoms with van der Waals surface area (Å²) < 4.78 is 6.23. The van der Waals surface area contributed by atoms with Gasteiger partial charge in [-0.2, -0.15) is 0 Å². The van der Waals surface area contributed by atoms with Crippen molar-refractivity contribution in [3.63, 3.8) is 0 Å². The van der Waals surface area contributed by atoms with E-state index in [-0.39, 0.29) is 5.69 Å². The van der Waals surface area contributed by atoms with E-state index in [1.807, 2.05) is 0 Å². The fraction of sp³-hybridized carbons (Fsp3) is 0.0667. The van der Waals surface area contributed by atoms with Crippen LogP contribution in [0, 0.1) is 0 Å². The van der Waals surface area contributed by atoms with Gasteiger partial charge in [0, 0.05) is 24.2 Å². The van der Waals surface area contributed by atoms with Crippen molar-refractivity contribution in [3.8, 4) is 11.4 Å². The number of nitrogens with zero attached hydrogens (tertiary/aromatic N) is 3. The molecule has 0 aromatic carbocycles. The minimum absolute atomic E-state index is 0.0877. The molecule has 0 fully saturated rings. The molecule has 3 rings (SSSR count). The molecule has 0 aliphatic rings. The molecule has 0 saturated carbocycles. The molecule has 7 heteroatoms. The summed E-state index contributed by atoms with van der Waals surface area (Å²) >= 11 is 0. The van der Waals surface area contributed by atoms with Gasteiger partial charge in [0.25, 0.3) is 0 Å². The maximum Gasteiger partial charge on any atom is 0.356 e. The summed E-state index contributed by atoms with van der Waals surface area (Å²) in [6, 6.07) is 6.52. The zero-order valence-electron chi connectivity index (χ0n) is 11.6. The van der Waals surface area contributed by atoms with Crippen LogP contribution < -0.4 is 0 Å².